The first-order valence-electron chi connectivity index (χ1n) is 6.66. The lowest BCUT2D eigenvalue weighted by Crippen LogP contribution is -2.48. The Kier molecular flexibility index (Phi) is 4.27. The number of amides is 1. The van der Waals surface area contributed by atoms with Crippen LogP contribution in [0.15, 0.2) is 0 Å². The van der Waals surface area contributed by atoms with E-state index in [9.17, 15) is 13.2 Å². The monoisotopic (exact) mass is 274 g/mol. The first-order valence-corrected chi connectivity index (χ1v) is 8.72. The number of nitrogens with one attached hydrogen (secondary N) is 1. The minimum absolute atomic E-state index is 0.229. The zero-order valence-electron chi connectivity index (χ0n) is 10.9. The van der Waals surface area contributed by atoms with E-state index in [-0.39, 0.29) is 17.7 Å². The molecule has 5 nitrogen and oxygen atoms in total. The Hall–Kier alpha value is -0.620. The standard InChI is InChI=1S/C12H22N2O3S/c1-18(16,17)9-12(15)14(11-5-6-11)8-10-4-2-3-7-13-10/h10-11,13H,2-9H2,1H3. The fourth-order valence-corrected chi connectivity index (χ4v) is 3.08. The zero-order chi connectivity index (χ0) is 13.2. The molecule has 0 spiro atoms. The van der Waals surface area contributed by atoms with E-state index in [1.807, 2.05) is 0 Å². The normalized spacial score (nSPS) is 24.8. The van der Waals surface area contributed by atoms with Crippen LogP contribution in [0.2, 0.25) is 0 Å². The predicted octanol–water partition coefficient (Wildman–Crippen LogP) is 0.164. The third-order valence-corrected chi connectivity index (χ3v) is 4.29. The molecule has 6 heteroatoms. The van der Waals surface area contributed by atoms with Crippen LogP contribution in [0.1, 0.15) is 32.1 Å². The van der Waals surface area contributed by atoms with Crippen molar-refractivity contribution in [1.82, 2.24) is 10.2 Å². The van der Waals surface area contributed by atoms with Gasteiger partial charge in [0.25, 0.3) is 0 Å². The first kappa shape index (κ1) is 13.8. The number of sulfone groups is 1. The quantitative estimate of drug-likeness (QED) is 0.776. The van der Waals surface area contributed by atoms with E-state index in [1.165, 1.54) is 12.8 Å². The number of rotatable bonds is 5. The van der Waals surface area contributed by atoms with Gasteiger partial charge in [0.05, 0.1) is 0 Å². The van der Waals surface area contributed by atoms with Crippen molar-refractivity contribution in [2.45, 2.75) is 44.2 Å². The van der Waals surface area contributed by atoms with E-state index in [1.54, 1.807) is 4.90 Å². The fourth-order valence-electron chi connectivity index (χ4n) is 2.47. The van der Waals surface area contributed by atoms with Gasteiger partial charge in [-0.15, -0.1) is 0 Å². The van der Waals surface area contributed by atoms with Crippen molar-refractivity contribution >= 4 is 15.7 Å². The van der Waals surface area contributed by atoms with E-state index >= 15 is 0 Å². The van der Waals surface area contributed by atoms with Crippen molar-refractivity contribution in [3.8, 4) is 0 Å². The molecule has 2 aliphatic rings. The zero-order valence-corrected chi connectivity index (χ0v) is 11.7. The summed E-state index contributed by atoms with van der Waals surface area (Å²) in [6.45, 7) is 1.67. The Balaban J connectivity index is 1.92. The molecule has 1 aliphatic carbocycles. The summed E-state index contributed by atoms with van der Waals surface area (Å²) in [5.74, 6) is -0.580. The van der Waals surface area contributed by atoms with Crippen molar-refractivity contribution in [2.75, 3.05) is 25.1 Å². The molecule has 1 unspecified atom stereocenters. The van der Waals surface area contributed by atoms with Gasteiger partial charge in [-0.1, -0.05) is 6.42 Å². The van der Waals surface area contributed by atoms with Crippen LogP contribution in [0.4, 0.5) is 0 Å². The third kappa shape index (κ3) is 4.24. The Morgan fingerprint density at radius 3 is 2.50 bits per heavy atom. The topological polar surface area (TPSA) is 66.5 Å². The van der Waals surface area contributed by atoms with Gasteiger partial charge in [-0.2, -0.15) is 0 Å². The molecule has 1 saturated carbocycles. The SMILES string of the molecule is CS(=O)(=O)CC(=O)N(CC1CCCCN1)C1CC1. The number of piperidine rings is 1. The second kappa shape index (κ2) is 5.57. The largest absolute Gasteiger partial charge is 0.337 e. The summed E-state index contributed by atoms with van der Waals surface area (Å²) in [7, 11) is -3.23. The third-order valence-electron chi connectivity index (χ3n) is 3.52. The molecule has 0 radical (unpaired) electrons. The molecule has 1 aliphatic heterocycles. The van der Waals surface area contributed by atoms with Crippen molar-refractivity contribution < 1.29 is 13.2 Å². The van der Waals surface area contributed by atoms with E-state index in [4.69, 9.17) is 0 Å². The van der Waals surface area contributed by atoms with Crippen LogP contribution in [-0.2, 0) is 14.6 Å². The van der Waals surface area contributed by atoms with Gasteiger partial charge in [0, 0.05) is 24.9 Å². The first-order chi connectivity index (χ1) is 8.46. The molecule has 104 valence electrons. The van der Waals surface area contributed by atoms with Gasteiger partial charge in [-0.25, -0.2) is 8.42 Å². The summed E-state index contributed by atoms with van der Waals surface area (Å²) in [4.78, 5) is 13.8. The minimum Gasteiger partial charge on any atom is -0.337 e. The minimum atomic E-state index is -3.23. The van der Waals surface area contributed by atoms with Gasteiger partial charge in [0.15, 0.2) is 9.84 Å². The van der Waals surface area contributed by atoms with Crippen molar-refractivity contribution in [3.63, 3.8) is 0 Å². The van der Waals surface area contributed by atoms with Crippen molar-refractivity contribution in [1.29, 1.82) is 0 Å². The lowest BCUT2D eigenvalue weighted by atomic mass is 10.0. The van der Waals surface area contributed by atoms with Crippen molar-refractivity contribution in [2.24, 2.45) is 0 Å². The Morgan fingerprint density at radius 1 is 1.28 bits per heavy atom. The summed E-state index contributed by atoms with van der Waals surface area (Å²) in [5.41, 5.74) is 0. The molecule has 1 saturated heterocycles. The number of carbonyl (C=O) groups is 1. The highest BCUT2D eigenvalue weighted by molar-refractivity contribution is 7.91. The highest BCUT2D eigenvalue weighted by atomic mass is 32.2. The molecule has 18 heavy (non-hydrogen) atoms. The molecule has 0 aromatic carbocycles. The molecular weight excluding hydrogens is 252 g/mol. The second-order valence-electron chi connectivity index (χ2n) is 5.49. The van der Waals surface area contributed by atoms with Gasteiger partial charge in [0.1, 0.15) is 5.75 Å². The highest BCUT2D eigenvalue weighted by Crippen LogP contribution is 2.28. The van der Waals surface area contributed by atoms with Gasteiger partial charge >= 0.3 is 0 Å². The maximum Gasteiger partial charge on any atom is 0.238 e. The van der Waals surface area contributed by atoms with Gasteiger partial charge in [0.2, 0.25) is 5.91 Å². The summed E-state index contributed by atoms with van der Waals surface area (Å²) in [5, 5.41) is 3.41. The Bertz CT molecular complexity index is 398. The van der Waals surface area contributed by atoms with Gasteiger partial charge < -0.3 is 10.2 Å². The van der Waals surface area contributed by atoms with Crippen LogP contribution in [0.5, 0.6) is 0 Å². The average Bonchev–Trinajstić information content (AvgIpc) is 3.08. The average molecular weight is 274 g/mol. The highest BCUT2D eigenvalue weighted by Gasteiger charge is 2.35. The molecule has 2 fully saturated rings. The lowest BCUT2D eigenvalue weighted by Gasteiger charge is -2.30. The van der Waals surface area contributed by atoms with Crippen LogP contribution >= 0.6 is 0 Å². The summed E-state index contributed by atoms with van der Waals surface area (Å²) >= 11 is 0. The Morgan fingerprint density at radius 2 is 2.00 bits per heavy atom. The van der Waals surface area contributed by atoms with E-state index in [2.05, 4.69) is 5.32 Å². The van der Waals surface area contributed by atoms with Crippen LogP contribution in [-0.4, -0.2) is 56.4 Å². The van der Waals surface area contributed by atoms with Crippen LogP contribution in [0, 0.1) is 0 Å². The summed E-state index contributed by atoms with van der Waals surface area (Å²) in [6, 6.07) is 0.617. The second-order valence-corrected chi connectivity index (χ2v) is 7.63. The Labute approximate surface area is 109 Å². The molecule has 0 aromatic rings. The molecule has 0 bridgehead atoms. The molecular formula is C12H22N2O3S. The molecule has 1 N–H and O–H groups in total. The van der Waals surface area contributed by atoms with Crippen LogP contribution in [0.25, 0.3) is 0 Å². The summed E-state index contributed by atoms with van der Waals surface area (Å²) < 4.78 is 22.4. The van der Waals surface area contributed by atoms with E-state index < -0.39 is 9.84 Å². The molecule has 2 rings (SSSR count). The maximum absolute atomic E-state index is 12.0. The number of hydrogen-bond donors (Lipinski definition) is 1. The molecule has 0 aromatic heterocycles. The lowest BCUT2D eigenvalue weighted by molar-refractivity contribution is -0.129. The fraction of sp³-hybridized carbons (Fsp3) is 0.917. The maximum atomic E-state index is 12.0. The molecule has 1 atom stereocenters. The molecule has 1 amide bonds. The van der Waals surface area contributed by atoms with Crippen LogP contribution in [0.3, 0.4) is 0 Å². The summed E-state index contributed by atoms with van der Waals surface area (Å²) in [6.07, 6.45) is 6.61. The van der Waals surface area contributed by atoms with Gasteiger partial charge in [-0.05, 0) is 32.2 Å². The molecule has 1 heterocycles. The van der Waals surface area contributed by atoms with E-state index in [0.717, 1.165) is 32.1 Å². The van der Waals surface area contributed by atoms with Gasteiger partial charge in [-0.3, -0.25) is 4.79 Å². The van der Waals surface area contributed by atoms with E-state index in [0.29, 0.717) is 12.6 Å². The smallest absolute Gasteiger partial charge is 0.238 e. The number of carbonyl (C=O) groups excluding carboxylic acids is 1. The van der Waals surface area contributed by atoms with Crippen molar-refractivity contribution in [3.05, 3.63) is 0 Å². The predicted molar refractivity (Wildman–Crippen MR) is 70.1 cm³/mol. The number of nitrogens with zero attached hydrogens (tertiary/aromatic N) is 1. The number of hydrogen-bond acceptors (Lipinski definition) is 4. The van der Waals surface area contributed by atoms with Crippen LogP contribution < -0.4 is 5.32 Å².